The first-order valence-electron chi connectivity index (χ1n) is 13.1. The Labute approximate surface area is 202 Å². The number of para-hydroxylation sites is 1. The molecule has 4 aromatic rings. The molecular weight excluding hydrogens is 412 g/mol. The molecule has 0 saturated carbocycles. The standard InChI is InChI=1S/C32H32N2/c1-21-19-20-22(2)32(34-29-17-9-5-13-25(29)26-14-6-10-18-30(26)34)31(21)33-27-15-7-3-11-23(27)24-12-4-8-16-28(24)33/h3,7-9,11,15-17,19-20H,4-6,10,12-14,18H2,1-2H3. The molecule has 2 aromatic heterocycles. The van der Waals surface area contributed by atoms with E-state index in [0.29, 0.717) is 0 Å². The topological polar surface area (TPSA) is 9.86 Å². The van der Waals surface area contributed by atoms with Crippen molar-refractivity contribution >= 4 is 23.1 Å². The van der Waals surface area contributed by atoms with Crippen LogP contribution in [-0.2, 0) is 25.7 Å². The quantitative estimate of drug-likeness (QED) is 0.298. The van der Waals surface area contributed by atoms with E-state index in [1.165, 1.54) is 88.9 Å². The Morgan fingerprint density at radius 2 is 1.26 bits per heavy atom. The minimum Gasteiger partial charge on any atom is -0.311 e. The Bertz CT molecular complexity index is 1520. The van der Waals surface area contributed by atoms with E-state index in [4.69, 9.17) is 0 Å². The Hall–Kier alpha value is -3.26. The summed E-state index contributed by atoms with van der Waals surface area (Å²) in [4.78, 5) is 0. The molecule has 2 heteroatoms. The molecular formula is C32H32N2. The van der Waals surface area contributed by atoms with Crippen LogP contribution in [0.5, 0.6) is 0 Å². The van der Waals surface area contributed by atoms with Gasteiger partial charge >= 0.3 is 0 Å². The van der Waals surface area contributed by atoms with Crippen molar-refractivity contribution in [3.63, 3.8) is 0 Å². The number of hydrogen-bond acceptors (Lipinski definition) is 0. The molecule has 0 aliphatic heterocycles. The first-order chi connectivity index (χ1) is 16.7. The van der Waals surface area contributed by atoms with Crippen LogP contribution in [0, 0.1) is 13.8 Å². The van der Waals surface area contributed by atoms with E-state index in [9.17, 15) is 0 Å². The zero-order valence-corrected chi connectivity index (χ0v) is 20.3. The van der Waals surface area contributed by atoms with E-state index in [-0.39, 0.29) is 0 Å². The van der Waals surface area contributed by atoms with Gasteiger partial charge in [0.05, 0.1) is 16.9 Å². The summed E-state index contributed by atoms with van der Waals surface area (Å²) < 4.78 is 5.25. The fraction of sp³-hybridized carbons (Fsp3) is 0.312. The molecule has 2 aromatic carbocycles. The first-order valence-corrected chi connectivity index (χ1v) is 13.1. The van der Waals surface area contributed by atoms with Crippen LogP contribution in [0.15, 0.2) is 48.6 Å². The second-order valence-electron chi connectivity index (χ2n) is 10.3. The fourth-order valence-corrected chi connectivity index (χ4v) is 6.80. The molecule has 0 atom stereocenters. The number of fused-ring (bicyclic) bond motifs is 6. The third-order valence-electron chi connectivity index (χ3n) is 8.32. The smallest absolute Gasteiger partial charge is 0.0734 e. The molecule has 7 rings (SSSR count). The van der Waals surface area contributed by atoms with Crippen LogP contribution in [0.2, 0.25) is 0 Å². The van der Waals surface area contributed by atoms with Gasteiger partial charge in [0.1, 0.15) is 0 Å². The lowest BCUT2D eigenvalue weighted by Gasteiger charge is -2.25. The van der Waals surface area contributed by atoms with Crippen LogP contribution >= 0.6 is 0 Å². The molecule has 0 spiro atoms. The van der Waals surface area contributed by atoms with Gasteiger partial charge in [0.15, 0.2) is 0 Å². The third-order valence-corrected chi connectivity index (χ3v) is 8.32. The molecule has 34 heavy (non-hydrogen) atoms. The zero-order valence-electron chi connectivity index (χ0n) is 20.3. The molecule has 0 unspecified atom stereocenters. The van der Waals surface area contributed by atoms with Crippen LogP contribution in [0.1, 0.15) is 70.6 Å². The Morgan fingerprint density at radius 3 is 2.06 bits per heavy atom. The summed E-state index contributed by atoms with van der Waals surface area (Å²) in [6, 6.07) is 13.7. The van der Waals surface area contributed by atoms with Crippen molar-refractivity contribution in [1.82, 2.24) is 9.13 Å². The van der Waals surface area contributed by atoms with E-state index in [0.717, 1.165) is 12.8 Å². The molecule has 0 N–H and O–H groups in total. The maximum absolute atomic E-state index is 2.67. The van der Waals surface area contributed by atoms with Gasteiger partial charge < -0.3 is 9.13 Å². The summed E-state index contributed by atoms with van der Waals surface area (Å²) in [6.07, 6.45) is 19.2. The maximum Gasteiger partial charge on any atom is 0.0734 e. The number of rotatable bonds is 2. The maximum atomic E-state index is 2.67. The van der Waals surface area contributed by atoms with Gasteiger partial charge in [-0.1, -0.05) is 42.5 Å². The number of benzene rings is 2. The highest BCUT2D eigenvalue weighted by Crippen LogP contribution is 2.42. The van der Waals surface area contributed by atoms with Gasteiger partial charge in [-0.05, 0) is 111 Å². The minimum absolute atomic E-state index is 1.12. The zero-order chi connectivity index (χ0) is 22.8. The van der Waals surface area contributed by atoms with Gasteiger partial charge in [0.25, 0.3) is 0 Å². The summed E-state index contributed by atoms with van der Waals surface area (Å²) in [5.74, 6) is 0. The van der Waals surface area contributed by atoms with E-state index in [2.05, 4.69) is 83.7 Å². The number of allylic oxidation sites excluding steroid dienone is 2. The molecule has 170 valence electrons. The second kappa shape index (κ2) is 7.63. The second-order valence-corrected chi connectivity index (χ2v) is 10.3. The Balaban J connectivity index is 1.62. The van der Waals surface area contributed by atoms with Gasteiger partial charge in [0, 0.05) is 22.5 Å². The van der Waals surface area contributed by atoms with Crippen molar-refractivity contribution in [1.29, 1.82) is 0 Å². The Kier molecular flexibility index (Phi) is 4.52. The molecule has 3 aliphatic rings. The average molecular weight is 445 g/mol. The highest BCUT2D eigenvalue weighted by atomic mass is 15.1. The van der Waals surface area contributed by atoms with Gasteiger partial charge in [-0.2, -0.15) is 0 Å². The van der Waals surface area contributed by atoms with Crippen molar-refractivity contribution in [2.75, 3.05) is 0 Å². The van der Waals surface area contributed by atoms with Crippen LogP contribution < -0.4 is 0 Å². The monoisotopic (exact) mass is 444 g/mol. The molecule has 2 heterocycles. The fourth-order valence-electron chi connectivity index (χ4n) is 6.80. The molecule has 3 aliphatic carbocycles. The van der Waals surface area contributed by atoms with Crippen LogP contribution in [-0.4, -0.2) is 9.13 Å². The number of hydrogen-bond donors (Lipinski definition) is 0. The highest BCUT2D eigenvalue weighted by Gasteiger charge is 2.29. The van der Waals surface area contributed by atoms with E-state index in [1.54, 1.807) is 16.8 Å². The molecule has 0 radical (unpaired) electrons. The Morgan fingerprint density at radius 1 is 0.618 bits per heavy atom. The van der Waals surface area contributed by atoms with Gasteiger partial charge in [-0.3, -0.25) is 0 Å². The molecule has 0 amide bonds. The van der Waals surface area contributed by atoms with Gasteiger partial charge in [-0.15, -0.1) is 0 Å². The van der Waals surface area contributed by atoms with Crippen LogP contribution in [0.3, 0.4) is 0 Å². The summed E-state index contributed by atoms with van der Waals surface area (Å²) in [5.41, 5.74) is 15.9. The van der Waals surface area contributed by atoms with Crippen molar-refractivity contribution in [3.8, 4) is 11.4 Å². The highest BCUT2D eigenvalue weighted by molar-refractivity contribution is 5.92. The SMILES string of the molecule is Cc1ccc(C)c(-n2c3c(c4ccccc42)CCC=C3)c1-n1c2c(c3c1CCCC3)CCC=C2. The van der Waals surface area contributed by atoms with Crippen molar-refractivity contribution < 1.29 is 0 Å². The molecule has 2 nitrogen and oxygen atoms in total. The van der Waals surface area contributed by atoms with Gasteiger partial charge in [-0.25, -0.2) is 0 Å². The molecule has 0 saturated heterocycles. The number of aromatic nitrogens is 2. The van der Waals surface area contributed by atoms with E-state index >= 15 is 0 Å². The lowest BCUT2D eigenvalue weighted by Crippen LogP contribution is -2.14. The molecule has 0 bridgehead atoms. The summed E-state index contributed by atoms with van der Waals surface area (Å²) in [6.45, 7) is 4.60. The van der Waals surface area contributed by atoms with E-state index < -0.39 is 0 Å². The summed E-state index contributed by atoms with van der Waals surface area (Å²) >= 11 is 0. The van der Waals surface area contributed by atoms with Gasteiger partial charge in [0.2, 0.25) is 0 Å². The van der Waals surface area contributed by atoms with Crippen LogP contribution in [0.4, 0.5) is 0 Å². The summed E-state index contributed by atoms with van der Waals surface area (Å²) in [7, 11) is 0. The number of nitrogens with zero attached hydrogens (tertiary/aromatic N) is 2. The van der Waals surface area contributed by atoms with Crippen molar-refractivity contribution in [3.05, 3.63) is 93.4 Å². The molecule has 0 fully saturated rings. The minimum atomic E-state index is 1.12. The largest absolute Gasteiger partial charge is 0.311 e. The normalized spacial score (nSPS) is 16.5. The third kappa shape index (κ3) is 2.75. The lowest BCUT2D eigenvalue weighted by molar-refractivity contribution is 0.659. The van der Waals surface area contributed by atoms with Crippen LogP contribution in [0.25, 0.3) is 34.4 Å². The predicted molar refractivity (Wildman–Crippen MR) is 143 cm³/mol. The van der Waals surface area contributed by atoms with Crippen molar-refractivity contribution in [2.24, 2.45) is 0 Å². The van der Waals surface area contributed by atoms with Crippen molar-refractivity contribution in [2.45, 2.75) is 65.2 Å². The predicted octanol–water partition coefficient (Wildman–Crippen LogP) is 7.84. The number of aryl methyl sites for hydroxylation is 3. The first kappa shape index (κ1) is 20.1. The summed E-state index contributed by atoms with van der Waals surface area (Å²) in [5, 5.41) is 1.41. The average Bonchev–Trinajstić information content (AvgIpc) is 3.39. The lowest BCUT2D eigenvalue weighted by atomic mass is 9.91. The van der Waals surface area contributed by atoms with E-state index in [1.807, 2.05) is 0 Å².